The molecule has 0 unspecified atom stereocenters. The van der Waals surface area contributed by atoms with Crippen LogP contribution in [0.2, 0.25) is 0 Å². The van der Waals surface area contributed by atoms with Gasteiger partial charge in [-0.05, 0) is 240 Å². The number of aryl methyl sites for hydroxylation is 4. The van der Waals surface area contributed by atoms with Gasteiger partial charge in [-0.1, -0.05) is 72.4 Å². The van der Waals surface area contributed by atoms with Crippen LogP contribution < -0.4 is 38.3 Å². The quantitative estimate of drug-likeness (QED) is 0.0461. The summed E-state index contributed by atoms with van der Waals surface area (Å²) in [5.74, 6) is 6.29. The third-order valence-electron chi connectivity index (χ3n) is 19.6. The second kappa shape index (κ2) is 35.8. The number of hydrogen-bond donors (Lipinski definition) is 6. The number of aromatic nitrogens is 12. The van der Waals surface area contributed by atoms with Gasteiger partial charge in [0.15, 0.2) is 57.9 Å². The summed E-state index contributed by atoms with van der Waals surface area (Å²) in [7, 11) is 0. The van der Waals surface area contributed by atoms with Gasteiger partial charge in [0.1, 0.15) is 103 Å². The molecule has 0 saturated heterocycles. The van der Waals surface area contributed by atoms with Crippen molar-refractivity contribution in [2.24, 2.45) is 0 Å². The number of halogens is 4. The van der Waals surface area contributed by atoms with E-state index in [4.69, 9.17) is 60.3 Å². The van der Waals surface area contributed by atoms with Crippen LogP contribution in [0.4, 0.5) is 58.2 Å². The van der Waals surface area contributed by atoms with E-state index in [9.17, 15) is 17.6 Å². The van der Waals surface area contributed by atoms with Crippen LogP contribution in [0.15, 0.2) is 319 Å². The number of hydrogen-bond acceptors (Lipinski definition) is 24. The Hall–Kier alpha value is -16.5. The molecule has 20 rings (SSSR count). The number of nitrogens with one attached hydrogen (secondary N) is 2. The first-order valence-corrected chi connectivity index (χ1v) is 39.8. The maximum atomic E-state index is 13.3. The Bertz CT molecular complexity index is 6830. The summed E-state index contributed by atoms with van der Waals surface area (Å²) in [6.07, 6.45) is 7.03. The van der Waals surface area contributed by atoms with Crippen molar-refractivity contribution in [2.75, 3.05) is 33.6 Å². The molecule has 0 spiro atoms. The predicted molar refractivity (Wildman–Crippen MR) is 479 cm³/mol. The third kappa shape index (κ3) is 18.8. The highest BCUT2D eigenvalue weighted by molar-refractivity contribution is 7.99. The van der Waals surface area contributed by atoms with Crippen molar-refractivity contribution in [1.82, 2.24) is 59.8 Å². The normalized spacial score (nSPS) is 11.1. The van der Waals surface area contributed by atoms with Gasteiger partial charge in [0.25, 0.3) is 5.88 Å². The fraction of sp³-hybridized carbons (Fsp3) is 0.0515. The van der Waals surface area contributed by atoms with E-state index in [1.165, 1.54) is 72.4 Å². The number of fused-ring (bicyclic) bond motifs is 4. The van der Waals surface area contributed by atoms with Crippen molar-refractivity contribution >= 4 is 96.0 Å². The van der Waals surface area contributed by atoms with E-state index in [1.54, 1.807) is 61.2 Å². The second-order valence-corrected chi connectivity index (χ2v) is 29.6. The van der Waals surface area contributed by atoms with E-state index >= 15 is 0 Å². The minimum atomic E-state index is -0.361. The Morgan fingerprint density at radius 1 is 0.328 bits per heavy atom. The minimum Gasteiger partial charge on any atom is -0.460 e. The number of ether oxygens (including phenoxy) is 1. The van der Waals surface area contributed by atoms with E-state index in [-0.39, 0.29) is 52.4 Å². The summed E-state index contributed by atoms with van der Waals surface area (Å²) in [6.45, 7) is 7.90. The number of nitrogen functional groups attached to an aromatic ring is 4. The van der Waals surface area contributed by atoms with Crippen molar-refractivity contribution in [1.29, 1.82) is 0 Å². The van der Waals surface area contributed by atoms with Crippen LogP contribution in [-0.4, -0.2) is 59.8 Å². The number of nitrogens with zero attached hydrogens (tertiary/aromatic N) is 12. The maximum absolute atomic E-state index is 13.3. The highest BCUT2D eigenvalue weighted by atomic mass is 32.2. The lowest BCUT2D eigenvalue weighted by molar-refractivity contribution is 0.462. The van der Waals surface area contributed by atoms with Gasteiger partial charge in [0, 0.05) is 85.7 Å². The average Bonchev–Trinajstić information content (AvgIpc) is 1.76. The van der Waals surface area contributed by atoms with E-state index in [0.29, 0.717) is 103 Å². The molecule has 0 aliphatic rings. The van der Waals surface area contributed by atoms with Crippen LogP contribution in [0, 0.1) is 51.0 Å². The molecular formula is C97H72F4N18O5S. The van der Waals surface area contributed by atoms with E-state index < -0.39 is 0 Å². The number of nitrogens with two attached hydrogens (primary N) is 4. The maximum Gasteiger partial charge on any atom is 0.263 e. The lowest BCUT2D eigenvalue weighted by Crippen LogP contribution is -2.08. The molecule has 125 heavy (non-hydrogen) atoms. The average molecular weight is 1680 g/mol. The molecule has 0 radical (unpaired) electrons. The molecule has 0 atom stereocenters. The van der Waals surface area contributed by atoms with Crippen LogP contribution in [0.1, 0.15) is 28.6 Å². The summed E-state index contributed by atoms with van der Waals surface area (Å²) in [4.78, 5) is 55.8. The van der Waals surface area contributed by atoms with E-state index in [1.807, 2.05) is 198 Å². The standard InChI is InChI=1S/C25H20FN5O.C24H18FN5O.C24H17FN4O2.C24H17FN4OS/c1-15-4-11-21(32-15)23-22(18-7-10-20-17(13-18)3-2-12-28-20)31-25(24(27)30-23)29-14-16-5-8-19(26)9-6-16;1-14-4-11-20(31-14)22-21(16-5-10-19-15(13-16)3-2-12-27-19)30-24(23(26)29-22)28-18-8-6-17(25)7-9-18;2*1-14-4-11-20(30-14)22-21(16-5-10-19-15(13-16)3-2-12-27-19)29-24(23(26)28-22)31-18-8-6-17(25)7-9-18/h2-13H,14H2,1H3,(H2,27,30)(H,29,31);2-13H,1H3,(H2,26,29)(H,28,30);2*2-13H,1H3,(H2,26,28). The van der Waals surface area contributed by atoms with Crippen molar-refractivity contribution in [3.05, 3.63) is 344 Å². The van der Waals surface area contributed by atoms with Gasteiger partial charge >= 0.3 is 0 Å². The minimum absolute atomic E-state index is 0.0968. The number of pyridine rings is 4. The molecule has 12 heterocycles. The van der Waals surface area contributed by atoms with Gasteiger partial charge in [0.05, 0.1) is 22.1 Å². The molecule has 614 valence electrons. The molecule has 0 aliphatic heterocycles. The van der Waals surface area contributed by atoms with Gasteiger partial charge in [-0.3, -0.25) is 19.9 Å². The monoisotopic (exact) mass is 1680 g/mol. The number of anilines is 7. The molecule has 0 bridgehead atoms. The zero-order chi connectivity index (χ0) is 86.2. The summed E-state index contributed by atoms with van der Waals surface area (Å²) in [5.41, 5.74) is 38.0. The van der Waals surface area contributed by atoms with Gasteiger partial charge < -0.3 is 56.0 Å². The first-order valence-electron chi connectivity index (χ1n) is 39.0. The topological polar surface area (TPSA) is 345 Å². The fourth-order valence-electron chi connectivity index (χ4n) is 13.5. The molecule has 0 aliphatic carbocycles. The highest BCUT2D eigenvalue weighted by Crippen LogP contribution is 2.42. The Labute approximate surface area is 715 Å². The third-order valence-corrected chi connectivity index (χ3v) is 20.6. The number of benzene rings is 8. The summed E-state index contributed by atoms with van der Waals surface area (Å²) in [5, 5.41) is 10.8. The Kier molecular flexibility index (Phi) is 23.2. The number of rotatable bonds is 17. The predicted octanol–water partition coefficient (Wildman–Crippen LogP) is 23.2. The molecule has 8 aromatic carbocycles. The van der Waals surface area contributed by atoms with Gasteiger partial charge in [-0.15, -0.1) is 0 Å². The molecule has 28 heteroatoms. The molecule has 12 aromatic heterocycles. The largest absolute Gasteiger partial charge is 0.460 e. The van der Waals surface area contributed by atoms with Crippen LogP contribution in [-0.2, 0) is 6.54 Å². The Morgan fingerprint density at radius 2 is 0.672 bits per heavy atom. The van der Waals surface area contributed by atoms with Crippen LogP contribution >= 0.6 is 11.8 Å². The van der Waals surface area contributed by atoms with Crippen LogP contribution in [0.25, 0.3) is 134 Å². The lowest BCUT2D eigenvalue weighted by Gasteiger charge is -2.13. The van der Waals surface area contributed by atoms with Crippen molar-refractivity contribution in [3.63, 3.8) is 0 Å². The first-order chi connectivity index (χ1) is 60.8. The van der Waals surface area contributed by atoms with Gasteiger partial charge in [-0.2, -0.15) is 0 Å². The molecule has 0 amide bonds. The van der Waals surface area contributed by atoms with E-state index in [2.05, 4.69) is 55.5 Å². The lowest BCUT2D eigenvalue weighted by atomic mass is 10.1. The molecule has 20 aromatic rings. The Balaban J connectivity index is 0.000000118. The second-order valence-electron chi connectivity index (χ2n) is 28.5. The van der Waals surface area contributed by atoms with Crippen LogP contribution in [0.5, 0.6) is 11.6 Å². The summed E-state index contributed by atoms with van der Waals surface area (Å²) in [6, 6.07) is 77.9. The van der Waals surface area contributed by atoms with Crippen molar-refractivity contribution < 1.29 is 40.0 Å². The molecule has 0 fully saturated rings. The van der Waals surface area contributed by atoms with Crippen molar-refractivity contribution in [3.8, 4) is 102 Å². The smallest absolute Gasteiger partial charge is 0.263 e. The van der Waals surface area contributed by atoms with E-state index in [0.717, 1.165) is 99.4 Å². The molecule has 10 N–H and O–H groups in total. The highest BCUT2D eigenvalue weighted by Gasteiger charge is 2.25. The first kappa shape index (κ1) is 80.9. The SMILES string of the molecule is Cc1ccc(-c2nc(N)c(NCc3ccc(F)cc3)nc2-c2ccc3ncccc3c2)o1.Cc1ccc(-c2nc(N)c(Nc3ccc(F)cc3)nc2-c2ccc3ncccc3c2)o1.Cc1ccc(-c2nc(N)c(Oc3ccc(F)cc3)nc2-c2ccc3ncccc3c2)o1.Cc1ccc(-c2nc(N)c(Sc3ccc(F)cc3)nc2-c2ccc3ncccc3c2)o1. The molecular weight excluding hydrogens is 1610 g/mol. The van der Waals surface area contributed by atoms with Gasteiger partial charge in [0.2, 0.25) is 0 Å². The van der Waals surface area contributed by atoms with Crippen molar-refractivity contribution in [2.45, 2.75) is 44.2 Å². The molecule has 23 nitrogen and oxygen atoms in total. The zero-order valence-corrected chi connectivity index (χ0v) is 67.9. The Morgan fingerprint density at radius 3 is 1.07 bits per heavy atom. The zero-order valence-electron chi connectivity index (χ0n) is 67.1. The number of furan rings is 4. The summed E-state index contributed by atoms with van der Waals surface area (Å²) < 4.78 is 82.0. The fourth-order valence-corrected chi connectivity index (χ4v) is 14.2. The van der Waals surface area contributed by atoms with Gasteiger partial charge in [-0.25, -0.2) is 57.4 Å². The summed E-state index contributed by atoms with van der Waals surface area (Å²) >= 11 is 1.34. The molecule has 0 saturated carbocycles. The van der Waals surface area contributed by atoms with Crippen LogP contribution in [0.3, 0.4) is 0 Å².